The molecule has 0 saturated heterocycles. The number of nitrogens with zero attached hydrogens (tertiary/aromatic N) is 2. The minimum absolute atomic E-state index is 0.295. The van der Waals surface area contributed by atoms with Gasteiger partial charge in [-0.25, -0.2) is 14.8 Å². The first-order valence-electron chi connectivity index (χ1n) is 6.22. The fourth-order valence-electron chi connectivity index (χ4n) is 1.78. The summed E-state index contributed by atoms with van der Waals surface area (Å²) in [6, 6.07) is 5.07. The number of carboxylic acids is 1. The molecule has 0 fully saturated rings. The number of aromatic carboxylic acids is 1. The van der Waals surface area contributed by atoms with Crippen LogP contribution in [-0.4, -0.2) is 21.0 Å². The zero-order valence-electron chi connectivity index (χ0n) is 11.9. The molecule has 0 aliphatic rings. The van der Waals surface area contributed by atoms with Gasteiger partial charge in [0, 0.05) is 16.3 Å². The number of hydrogen-bond acceptors (Lipinski definition) is 4. The largest absolute Gasteiger partial charge is 0.478 e. The van der Waals surface area contributed by atoms with Crippen molar-refractivity contribution in [1.29, 1.82) is 0 Å². The maximum atomic E-state index is 10.9. The Morgan fingerprint density at radius 1 is 1.10 bits per heavy atom. The number of benzene rings is 1. The van der Waals surface area contributed by atoms with Gasteiger partial charge in [-0.1, -0.05) is 0 Å². The average molecular weight is 288 g/mol. The highest BCUT2D eigenvalue weighted by molar-refractivity contribution is 7.99. The second kappa shape index (κ2) is 5.63. The highest BCUT2D eigenvalue weighted by atomic mass is 32.2. The van der Waals surface area contributed by atoms with Gasteiger partial charge in [-0.05, 0) is 68.8 Å². The van der Waals surface area contributed by atoms with Gasteiger partial charge in [0.2, 0.25) is 0 Å². The van der Waals surface area contributed by atoms with Crippen molar-refractivity contribution in [1.82, 2.24) is 9.97 Å². The van der Waals surface area contributed by atoms with E-state index in [0.29, 0.717) is 10.7 Å². The van der Waals surface area contributed by atoms with Crippen LogP contribution in [0.4, 0.5) is 0 Å². The number of carboxylic acid groups (broad SMARTS) is 1. The molecule has 0 aliphatic carbocycles. The van der Waals surface area contributed by atoms with E-state index in [2.05, 4.69) is 9.97 Å². The molecular formula is C15H16N2O2S. The van der Waals surface area contributed by atoms with Gasteiger partial charge in [-0.2, -0.15) is 0 Å². The molecular weight excluding hydrogens is 272 g/mol. The molecule has 2 rings (SSSR count). The Bertz CT molecular complexity index is 661. The van der Waals surface area contributed by atoms with Crippen molar-refractivity contribution in [2.24, 2.45) is 0 Å². The lowest BCUT2D eigenvalue weighted by Crippen LogP contribution is -1.99. The van der Waals surface area contributed by atoms with Crippen LogP contribution in [0.1, 0.15) is 32.9 Å². The molecule has 20 heavy (non-hydrogen) atoms. The molecule has 0 bridgehead atoms. The Kier molecular flexibility index (Phi) is 4.09. The average Bonchev–Trinajstić information content (AvgIpc) is 2.38. The van der Waals surface area contributed by atoms with E-state index < -0.39 is 5.97 Å². The molecule has 1 aromatic carbocycles. The molecule has 5 heteroatoms. The summed E-state index contributed by atoms with van der Waals surface area (Å²) in [5, 5.41) is 9.65. The highest BCUT2D eigenvalue weighted by Gasteiger charge is 2.10. The van der Waals surface area contributed by atoms with E-state index in [9.17, 15) is 4.79 Å². The highest BCUT2D eigenvalue weighted by Crippen LogP contribution is 2.29. The van der Waals surface area contributed by atoms with Crippen molar-refractivity contribution in [3.63, 3.8) is 0 Å². The van der Waals surface area contributed by atoms with E-state index in [-0.39, 0.29) is 0 Å². The molecule has 1 N–H and O–H groups in total. The summed E-state index contributed by atoms with van der Waals surface area (Å²) in [4.78, 5) is 20.8. The van der Waals surface area contributed by atoms with Crippen LogP contribution in [0, 0.1) is 27.7 Å². The molecule has 0 aliphatic heterocycles. The Labute approximate surface area is 122 Å². The maximum Gasteiger partial charge on any atom is 0.335 e. The summed E-state index contributed by atoms with van der Waals surface area (Å²) in [6.45, 7) is 7.83. The second-order valence-electron chi connectivity index (χ2n) is 4.69. The van der Waals surface area contributed by atoms with Crippen LogP contribution < -0.4 is 0 Å². The predicted octanol–water partition coefficient (Wildman–Crippen LogP) is 3.56. The van der Waals surface area contributed by atoms with Crippen molar-refractivity contribution in [3.05, 3.63) is 46.3 Å². The second-order valence-corrected chi connectivity index (χ2v) is 5.70. The van der Waals surface area contributed by atoms with Crippen molar-refractivity contribution in [3.8, 4) is 0 Å². The lowest BCUT2D eigenvalue weighted by Gasteiger charge is -2.08. The molecule has 1 heterocycles. The van der Waals surface area contributed by atoms with Gasteiger partial charge < -0.3 is 5.11 Å². The van der Waals surface area contributed by atoms with Crippen LogP contribution in [0.3, 0.4) is 0 Å². The van der Waals surface area contributed by atoms with Crippen LogP contribution >= 0.6 is 11.8 Å². The fourth-order valence-corrected chi connectivity index (χ4v) is 2.70. The van der Waals surface area contributed by atoms with E-state index in [4.69, 9.17) is 5.11 Å². The number of aromatic nitrogens is 2. The molecule has 0 radical (unpaired) electrons. The standard InChI is InChI=1S/C15H16N2O2S/c1-8-7-12(14(18)19)5-6-13(8)20-15-16-10(3)9(2)11(4)17-15/h5-7H,1-4H3,(H,18,19). The third kappa shape index (κ3) is 2.99. The molecule has 0 atom stereocenters. The first-order valence-corrected chi connectivity index (χ1v) is 7.03. The summed E-state index contributed by atoms with van der Waals surface area (Å²) in [7, 11) is 0. The summed E-state index contributed by atoms with van der Waals surface area (Å²) in [5.74, 6) is -0.914. The minimum Gasteiger partial charge on any atom is -0.478 e. The third-order valence-corrected chi connectivity index (χ3v) is 4.28. The monoisotopic (exact) mass is 288 g/mol. The lowest BCUT2D eigenvalue weighted by molar-refractivity contribution is 0.0696. The molecule has 0 spiro atoms. The Morgan fingerprint density at radius 3 is 2.20 bits per heavy atom. The molecule has 0 amide bonds. The minimum atomic E-state index is -0.914. The smallest absolute Gasteiger partial charge is 0.335 e. The van der Waals surface area contributed by atoms with Gasteiger partial charge >= 0.3 is 5.97 Å². The van der Waals surface area contributed by atoms with Gasteiger partial charge in [0.05, 0.1) is 5.56 Å². The molecule has 4 nitrogen and oxygen atoms in total. The topological polar surface area (TPSA) is 63.1 Å². The van der Waals surface area contributed by atoms with E-state index in [1.165, 1.54) is 11.8 Å². The predicted molar refractivity (Wildman–Crippen MR) is 78.5 cm³/mol. The third-order valence-electron chi connectivity index (χ3n) is 3.24. The molecule has 1 aromatic heterocycles. The lowest BCUT2D eigenvalue weighted by atomic mass is 10.1. The summed E-state index contributed by atoms with van der Waals surface area (Å²) >= 11 is 1.46. The first-order chi connectivity index (χ1) is 9.38. The molecule has 104 valence electrons. The van der Waals surface area contributed by atoms with Gasteiger partial charge in [-0.15, -0.1) is 0 Å². The maximum absolute atomic E-state index is 10.9. The summed E-state index contributed by atoms with van der Waals surface area (Å²) in [5.41, 5.74) is 4.25. The zero-order valence-corrected chi connectivity index (χ0v) is 12.7. The number of carbonyl (C=O) groups is 1. The first kappa shape index (κ1) is 14.5. The van der Waals surface area contributed by atoms with E-state index in [1.807, 2.05) is 27.7 Å². The van der Waals surface area contributed by atoms with Gasteiger partial charge in [0.25, 0.3) is 0 Å². The van der Waals surface area contributed by atoms with Crippen LogP contribution in [0.2, 0.25) is 0 Å². The van der Waals surface area contributed by atoms with Crippen LogP contribution in [0.15, 0.2) is 28.3 Å². The Morgan fingerprint density at radius 2 is 1.70 bits per heavy atom. The van der Waals surface area contributed by atoms with Crippen molar-refractivity contribution < 1.29 is 9.90 Å². The Hall–Kier alpha value is -1.88. The molecule has 0 unspecified atom stereocenters. The molecule has 0 saturated carbocycles. The van der Waals surface area contributed by atoms with Gasteiger partial charge in [0.15, 0.2) is 5.16 Å². The number of aryl methyl sites for hydroxylation is 3. The number of rotatable bonds is 3. The van der Waals surface area contributed by atoms with Crippen molar-refractivity contribution in [2.45, 2.75) is 37.7 Å². The van der Waals surface area contributed by atoms with Crippen molar-refractivity contribution >= 4 is 17.7 Å². The van der Waals surface area contributed by atoms with E-state index >= 15 is 0 Å². The fraction of sp³-hybridized carbons (Fsp3) is 0.267. The van der Waals surface area contributed by atoms with Crippen LogP contribution in [0.25, 0.3) is 0 Å². The summed E-state index contributed by atoms with van der Waals surface area (Å²) < 4.78 is 0. The van der Waals surface area contributed by atoms with Gasteiger partial charge in [0.1, 0.15) is 0 Å². The van der Waals surface area contributed by atoms with Crippen LogP contribution in [0.5, 0.6) is 0 Å². The zero-order chi connectivity index (χ0) is 14.9. The van der Waals surface area contributed by atoms with E-state index in [1.54, 1.807) is 18.2 Å². The SMILES string of the molecule is Cc1cc(C(=O)O)ccc1Sc1nc(C)c(C)c(C)n1. The van der Waals surface area contributed by atoms with Crippen molar-refractivity contribution in [2.75, 3.05) is 0 Å². The summed E-state index contributed by atoms with van der Waals surface area (Å²) in [6.07, 6.45) is 0. The van der Waals surface area contributed by atoms with E-state index in [0.717, 1.165) is 27.4 Å². The van der Waals surface area contributed by atoms with Crippen LogP contribution in [-0.2, 0) is 0 Å². The van der Waals surface area contributed by atoms with Gasteiger partial charge in [-0.3, -0.25) is 0 Å². The molecule has 2 aromatic rings. The quantitative estimate of drug-likeness (QED) is 0.875. The Balaban J connectivity index is 2.33. The number of hydrogen-bond donors (Lipinski definition) is 1. The normalized spacial score (nSPS) is 10.6.